The fourth-order valence-corrected chi connectivity index (χ4v) is 4.56. The second kappa shape index (κ2) is 9.20. The molecular formula is C15H31ClN2O4S. The minimum absolute atomic E-state index is 0. The Kier molecular flexibility index (Phi) is 9.05. The summed E-state index contributed by atoms with van der Waals surface area (Å²) in [6.45, 7) is 5.60. The molecule has 3 N–H and O–H groups in total. The van der Waals surface area contributed by atoms with Crippen molar-refractivity contribution in [3.05, 3.63) is 0 Å². The smallest absolute Gasteiger partial charge is 0.241 e. The summed E-state index contributed by atoms with van der Waals surface area (Å²) in [5.41, 5.74) is -0.171. The topological polar surface area (TPSA) is 95.5 Å². The SMILES string of the molecule is CCC(CC)(CCO)CNC(=O)C1(S(C)(=O)=O)CCNCC1.Cl. The van der Waals surface area contributed by atoms with Gasteiger partial charge < -0.3 is 15.7 Å². The fourth-order valence-electron chi connectivity index (χ4n) is 3.20. The van der Waals surface area contributed by atoms with Gasteiger partial charge in [-0.25, -0.2) is 8.42 Å². The Bertz CT molecular complexity index is 472. The Hall–Kier alpha value is -0.370. The Morgan fingerprint density at radius 1 is 1.26 bits per heavy atom. The standard InChI is InChI=1S/C15H30N2O4S.ClH/c1-4-14(5-2,8-11-18)12-17-13(19)15(22(3,20)21)6-9-16-10-7-15;/h16,18H,4-12H2,1-3H3,(H,17,19);1H. The molecule has 1 aliphatic rings. The summed E-state index contributed by atoms with van der Waals surface area (Å²) < 4.78 is 23.1. The Morgan fingerprint density at radius 2 is 1.78 bits per heavy atom. The maximum absolute atomic E-state index is 12.7. The molecule has 1 rings (SSSR count). The van der Waals surface area contributed by atoms with E-state index >= 15 is 0 Å². The summed E-state index contributed by atoms with van der Waals surface area (Å²) in [5, 5.41) is 15.2. The number of aliphatic hydroxyl groups is 1. The van der Waals surface area contributed by atoms with Crippen molar-refractivity contribution in [2.45, 2.75) is 50.7 Å². The number of hydrogen-bond donors (Lipinski definition) is 3. The van der Waals surface area contributed by atoms with Gasteiger partial charge in [0.05, 0.1) is 0 Å². The van der Waals surface area contributed by atoms with Gasteiger partial charge in [-0.05, 0) is 50.6 Å². The highest BCUT2D eigenvalue weighted by Crippen LogP contribution is 2.31. The van der Waals surface area contributed by atoms with Crippen molar-refractivity contribution in [3.63, 3.8) is 0 Å². The predicted octanol–water partition coefficient (Wildman–Crippen LogP) is 0.880. The Labute approximate surface area is 146 Å². The van der Waals surface area contributed by atoms with Crippen LogP contribution in [0.3, 0.4) is 0 Å². The van der Waals surface area contributed by atoms with Gasteiger partial charge in [-0.3, -0.25) is 4.79 Å². The molecule has 6 nitrogen and oxygen atoms in total. The van der Waals surface area contributed by atoms with Crippen LogP contribution in [0.2, 0.25) is 0 Å². The van der Waals surface area contributed by atoms with Gasteiger partial charge in [0.15, 0.2) is 14.6 Å². The van der Waals surface area contributed by atoms with Gasteiger partial charge in [0.1, 0.15) is 0 Å². The zero-order chi connectivity index (χ0) is 16.9. The van der Waals surface area contributed by atoms with E-state index in [1.165, 1.54) is 0 Å². The number of carbonyl (C=O) groups is 1. The van der Waals surface area contributed by atoms with Crippen LogP contribution in [0.5, 0.6) is 0 Å². The van der Waals surface area contributed by atoms with Crippen LogP contribution in [-0.4, -0.2) is 56.7 Å². The molecule has 0 radical (unpaired) electrons. The molecular weight excluding hydrogens is 340 g/mol. The lowest BCUT2D eigenvalue weighted by Crippen LogP contribution is -2.58. The molecule has 0 unspecified atom stereocenters. The van der Waals surface area contributed by atoms with Crippen molar-refractivity contribution in [2.75, 3.05) is 32.5 Å². The van der Waals surface area contributed by atoms with E-state index in [4.69, 9.17) is 0 Å². The fraction of sp³-hybridized carbons (Fsp3) is 0.933. The number of hydrogen-bond acceptors (Lipinski definition) is 5. The lowest BCUT2D eigenvalue weighted by atomic mass is 9.79. The van der Waals surface area contributed by atoms with Crippen molar-refractivity contribution in [1.82, 2.24) is 10.6 Å². The normalized spacial score (nSPS) is 18.1. The molecule has 1 heterocycles. The number of carbonyl (C=O) groups excluding carboxylic acids is 1. The lowest BCUT2D eigenvalue weighted by Gasteiger charge is -2.37. The molecule has 0 aliphatic carbocycles. The van der Waals surface area contributed by atoms with Crippen LogP contribution in [-0.2, 0) is 14.6 Å². The summed E-state index contributed by atoms with van der Waals surface area (Å²) in [7, 11) is -3.48. The van der Waals surface area contributed by atoms with Crippen LogP contribution < -0.4 is 10.6 Å². The van der Waals surface area contributed by atoms with E-state index in [0.29, 0.717) is 38.9 Å². The van der Waals surface area contributed by atoms with E-state index < -0.39 is 14.6 Å². The summed E-state index contributed by atoms with van der Waals surface area (Å²) in [6, 6.07) is 0. The van der Waals surface area contributed by atoms with Gasteiger partial charge in [0.2, 0.25) is 5.91 Å². The largest absolute Gasteiger partial charge is 0.396 e. The van der Waals surface area contributed by atoms with Crippen LogP contribution in [0.1, 0.15) is 46.0 Å². The highest BCUT2D eigenvalue weighted by atomic mass is 35.5. The quantitative estimate of drug-likeness (QED) is 0.589. The van der Waals surface area contributed by atoms with Crippen molar-refractivity contribution in [3.8, 4) is 0 Å². The number of halogens is 1. The maximum Gasteiger partial charge on any atom is 0.241 e. The van der Waals surface area contributed by atoms with Crippen LogP contribution in [0.25, 0.3) is 0 Å². The van der Waals surface area contributed by atoms with E-state index in [0.717, 1.165) is 19.1 Å². The van der Waals surface area contributed by atoms with E-state index in [1.807, 2.05) is 13.8 Å². The molecule has 0 aromatic rings. The monoisotopic (exact) mass is 370 g/mol. The Morgan fingerprint density at radius 3 is 2.17 bits per heavy atom. The first-order chi connectivity index (χ1) is 10.3. The second-order valence-electron chi connectivity index (χ2n) is 6.38. The summed E-state index contributed by atoms with van der Waals surface area (Å²) >= 11 is 0. The minimum atomic E-state index is -3.48. The van der Waals surface area contributed by atoms with Gasteiger partial charge in [-0.2, -0.15) is 0 Å². The molecule has 0 bridgehead atoms. The molecule has 138 valence electrons. The van der Waals surface area contributed by atoms with Gasteiger partial charge in [-0.1, -0.05) is 13.8 Å². The van der Waals surface area contributed by atoms with Gasteiger partial charge >= 0.3 is 0 Å². The molecule has 0 aromatic carbocycles. The molecule has 1 saturated heterocycles. The van der Waals surface area contributed by atoms with Gasteiger partial charge in [0, 0.05) is 19.4 Å². The molecule has 0 aromatic heterocycles. The molecule has 0 atom stereocenters. The lowest BCUT2D eigenvalue weighted by molar-refractivity contribution is -0.125. The summed E-state index contributed by atoms with van der Waals surface area (Å²) in [5.74, 6) is -0.388. The van der Waals surface area contributed by atoms with Crippen molar-refractivity contribution >= 4 is 28.2 Å². The first kappa shape index (κ1) is 22.6. The Balaban J connectivity index is 0.00000484. The average Bonchev–Trinajstić information content (AvgIpc) is 2.51. The first-order valence-electron chi connectivity index (χ1n) is 8.06. The third-order valence-corrected chi connectivity index (χ3v) is 7.31. The van der Waals surface area contributed by atoms with Gasteiger partial charge in [0.25, 0.3) is 0 Å². The third-order valence-electron chi connectivity index (χ3n) is 5.30. The molecule has 1 aliphatic heterocycles. The number of piperidine rings is 1. The maximum atomic E-state index is 12.7. The van der Waals surface area contributed by atoms with Crippen molar-refractivity contribution in [2.24, 2.45) is 5.41 Å². The second-order valence-corrected chi connectivity index (χ2v) is 8.71. The van der Waals surface area contributed by atoms with Crippen LogP contribution >= 0.6 is 12.4 Å². The molecule has 0 spiro atoms. The molecule has 23 heavy (non-hydrogen) atoms. The van der Waals surface area contributed by atoms with Crippen molar-refractivity contribution < 1.29 is 18.3 Å². The van der Waals surface area contributed by atoms with E-state index in [9.17, 15) is 18.3 Å². The third kappa shape index (κ3) is 5.05. The number of sulfone groups is 1. The zero-order valence-corrected chi connectivity index (χ0v) is 16.0. The molecule has 0 saturated carbocycles. The number of rotatable bonds is 8. The van der Waals surface area contributed by atoms with Crippen LogP contribution in [0.15, 0.2) is 0 Å². The van der Waals surface area contributed by atoms with Crippen LogP contribution in [0.4, 0.5) is 0 Å². The number of amides is 1. The van der Waals surface area contributed by atoms with E-state index in [2.05, 4.69) is 10.6 Å². The number of aliphatic hydroxyl groups excluding tert-OH is 1. The highest BCUT2D eigenvalue weighted by molar-refractivity contribution is 7.92. The van der Waals surface area contributed by atoms with Crippen molar-refractivity contribution in [1.29, 1.82) is 0 Å². The first-order valence-corrected chi connectivity index (χ1v) is 9.95. The summed E-state index contributed by atoms with van der Waals surface area (Å²) in [4.78, 5) is 12.7. The van der Waals surface area contributed by atoms with E-state index in [-0.39, 0.29) is 30.3 Å². The molecule has 1 amide bonds. The zero-order valence-electron chi connectivity index (χ0n) is 14.4. The van der Waals surface area contributed by atoms with E-state index in [1.54, 1.807) is 0 Å². The molecule has 8 heteroatoms. The van der Waals surface area contributed by atoms with Gasteiger partial charge in [-0.15, -0.1) is 12.4 Å². The van der Waals surface area contributed by atoms with Crippen LogP contribution in [0, 0.1) is 5.41 Å². The summed E-state index contributed by atoms with van der Waals surface area (Å²) in [6.07, 6.45) is 4.04. The average molecular weight is 371 g/mol. The minimum Gasteiger partial charge on any atom is -0.396 e. The predicted molar refractivity (Wildman–Crippen MR) is 94.7 cm³/mol. The molecule has 1 fully saturated rings. The number of nitrogens with one attached hydrogen (secondary N) is 2. The highest BCUT2D eigenvalue weighted by Gasteiger charge is 2.48.